The monoisotopic (exact) mass is 542 g/mol. The van der Waals surface area contributed by atoms with E-state index in [2.05, 4.69) is 36.8 Å². The third-order valence-electron chi connectivity index (χ3n) is 0.155. The quantitative estimate of drug-likeness (QED) is 0.263. The third-order valence-corrected chi connectivity index (χ3v) is 0.565. The molecule has 80 valence electrons. The molecule has 0 aliphatic rings. The molecule has 0 unspecified atom stereocenters. The van der Waals surface area contributed by atoms with Crippen molar-refractivity contribution in [2.45, 2.75) is 0 Å². The van der Waals surface area contributed by atoms with Crippen LogP contribution in [-0.4, -0.2) is 9.14 Å². The number of diazo groups is 1. The van der Waals surface area contributed by atoms with Crippen molar-refractivity contribution < 1.29 is 0 Å². The fraction of sp³-hybridized carbons (Fsp3) is 0. The molecule has 0 N–H and O–H groups in total. The number of rotatable bonds is 0. The average Bonchev–Trinajstić information content (AvgIpc) is 1.53. The minimum absolute atomic E-state index is 0.623. The number of halogens is 8. The third kappa shape index (κ3) is 73.2. The maximum atomic E-state index is 7.73. The van der Waals surface area contributed by atoms with E-state index in [1.54, 1.807) is 0 Å². The van der Waals surface area contributed by atoms with Crippen LogP contribution in [-0.2, 0) is 0 Å². The van der Waals surface area contributed by atoms with Crippen LogP contribution < -0.4 is 0 Å². The van der Waals surface area contributed by atoms with Gasteiger partial charge in [-0.2, -0.15) is 0 Å². The molecule has 0 aromatic carbocycles. The van der Waals surface area contributed by atoms with Gasteiger partial charge < -0.3 is 0 Å². The second kappa shape index (κ2) is 5.34. The number of hydrogen-bond acceptors (Lipinski definition) is 1. The summed E-state index contributed by atoms with van der Waals surface area (Å²) in [5.41, 5.74) is 0. The van der Waals surface area contributed by atoms with Crippen LogP contribution in [0, 0.1) is 5.39 Å². The summed E-state index contributed by atoms with van der Waals surface area (Å²) in [6.45, 7) is 0. The Hall–Kier alpha value is 2.68. The Morgan fingerprint density at radius 1 is 1.08 bits per heavy atom. The summed E-state index contributed by atoms with van der Waals surface area (Å²) in [4.78, 5) is 2.68. The molecular formula is C2HBr2Cl6N2Sb. The fourth-order valence-corrected chi connectivity index (χ4v) is 0.227. The molecule has 0 aliphatic heterocycles. The zero-order chi connectivity index (χ0) is 11.4. The molecule has 0 amide bonds. The summed E-state index contributed by atoms with van der Waals surface area (Å²) in [5, 5.41) is 7.73. The average molecular weight is 547 g/mol. The van der Waals surface area contributed by atoms with Crippen molar-refractivity contribution in [3.05, 3.63) is 14.6 Å². The summed E-state index contributed by atoms with van der Waals surface area (Å²) < 4.78 is 0.623. The van der Waals surface area contributed by atoms with Crippen LogP contribution in [0.15, 0.2) is 9.59 Å². The van der Waals surface area contributed by atoms with Gasteiger partial charge in [0.25, 0.3) is 0 Å². The summed E-state index contributed by atoms with van der Waals surface area (Å²) >= 11 is 5.92. The van der Waals surface area contributed by atoms with Crippen LogP contribution >= 0.6 is 84.8 Å². The first-order valence-corrected chi connectivity index (χ1v) is 23.1. The van der Waals surface area contributed by atoms with Crippen molar-refractivity contribution in [1.29, 1.82) is 5.39 Å². The molecule has 13 heavy (non-hydrogen) atoms. The van der Waals surface area contributed by atoms with Crippen molar-refractivity contribution in [3.8, 4) is 0 Å². The second-order valence-electron chi connectivity index (χ2n) is 1.49. The van der Waals surface area contributed by atoms with E-state index in [9.17, 15) is 0 Å². The van der Waals surface area contributed by atoms with E-state index in [1.165, 1.54) is 6.20 Å². The Balaban J connectivity index is 0. The van der Waals surface area contributed by atoms with Gasteiger partial charge in [-0.1, -0.05) is 0 Å². The van der Waals surface area contributed by atoms with Crippen LogP contribution in [0.25, 0.3) is 4.98 Å². The van der Waals surface area contributed by atoms with Gasteiger partial charge in [-0.15, -0.1) is 0 Å². The van der Waals surface area contributed by atoms with Gasteiger partial charge in [-0.25, -0.2) is 0 Å². The van der Waals surface area contributed by atoms with Crippen molar-refractivity contribution >= 4 is 94.0 Å². The van der Waals surface area contributed by atoms with E-state index < -0.39 is 9.14 Å². The van der Waals surface area contributed by atoms with Crippen molar-refractivity contribution in [2.24, 2.45) is 0 Å². The van der Waals surface area contributed by atoms with Crippen molar-refractivity contribution in [2.75, 3.05) is 0 Å². The van der Waals surface area contributed by atoms with Gasteiger partial charge >= 0.3 is 68.3 Å². The van der Waals surface area contributed by atoms with E-state index in [4.69, 9.17) is 58.4 Å². The predicted octanol–water partition coefficient (Wildman–Crippen LogP) is 6.18. The Kier molecular flexibility index (Phi) is 7.42. The van der Waals surface area contributed by atoms with Crippen LogP contribution in [0.4, 0.5) is 0 Å². The molecule has 0 saturated carbocycles. The molecule has 0 fully saturated rings. The molecule has 0 aromatic heterocycles. The van der Waals surface area contributed by atoms with E-state index in [1.807, 2.05) is 0 Å². The molecule has 0 radical (unpaired) electrons. The number of hydrogen-bond donors (Lipinski definition) is 0. The molecule has 0 saturated heterocycles. The summed E-state index contributed by atoms with van der Waals surface area (Å²) in [7, 11) is 25.0. The Morgan fingerprint density at radius 3 is 1.31 bits per heavy atom. The Labute approximate surface area is 112 Å². The molecule has 0 rings (SSSR count). The van der Waals surface area contributed by atoms with Gasteiger partial charge in [0.2, 0.25) is 5.39 Å². The predicted molar refractivity (Wildman–Crippen MR) is 71.9 cm³/mol. The van der Waals surface area contributed by atoms with Gasteiger partial charge in [0.05, 0.1) is 0 Å². The van der Waals surface area contributed by atoms with E-state index in [0.717, 1.165) is 0 Å². The van der Waals surface area contributed by atoms with Crippen molar-refractivity contribution in [1.82, 2.24) is 0 Å². The molecule has 0 atom stereocenters. The van der Waals surface area contributed by atoms with E-state index in [-0.39, 0.29) is 0 Å². The zero-order valence-corrected chi connectivity index (χ0v) is 15.7. The SMILES string of the molecule is N#[N+]C=C(Br)Br.[Cl][Sb-]([Cl])([Cl])([Cl])([Cl])[Cl]. The standard InChI is InChI=1S/C2HBr2N2.6ClH.Sb/c3-2(4)1-6-5;;;;;;;/h1H;6*1H;/q+1;;;;;;;+5/p-6. The molecule has 0 aliphatic carbocycles. The number of nitrogens with zero attached hydrogens (tertiary/aromatic N) is 2. The first kappa shape index (κ1) is 18.1. The molecule has 11 heteroatoms. The molecule has 0 bridgehead atoms. The van der Waals surface area contributed by atoms with E-state index in [0.29, 0.717) is 3.39 Å². The van der Waals surface area contributed by atoms with Gasteiger partial charge in [0.15, 0.2) is 4.98 Å². The molecule has 2 nitrogen and oxygen atoms in total. The first-order valence-electron chi connectivity index (χ1n) is 2.14. The summed E-state index contributed by atoms with van der Waals surface area (Å²) in [6, 6.07) is 0. The minimum atomic E-state index is -5.42. The maximum absolute atomic E-state index is 7.73. The second-order valence-corrected chi connectivity index (χ2v) is 61.2. The van der Waals surface area contributed by atoms with Gasteiger partial charge in [-0.3, -0.25) is 0 Å². The Bertz CT molecular complexity index is 230. The van der Waals surface area contributed by atoms with Crippen LogP contribution in [0.2, 0.25) is 0 Å². The van der Waals surface area contributed by atoms with E-state index >= 15 is 0 Å². The summed E-state index contributed by atoms with van der Waals surface area (Å²) in [6.07, 6.45) is 1.22. The molecule has 0 aromatic rings. The van der Waals surface area contributed by atoms with Gasteiger partial charge in [-0.05, 0) is 31.9 Å². The van der Waals surface area contributed by atoms with Crippen LogP contribution in [0.3, 0.4) is 0 Å². The summed E-state index contributed by atoms with van der Waals surface area (Å²) in [5.74, 6) is 0. The van der Waals surface area contributed by atoms with Crippen LogP contribution in [0.5, 0.6) is 0 Å². The first-order chi connectivity index (χ1) is 5.22. The fourth-order valence-electron chi connectivity index (χ4n) is 0.0436. The van der Waals surface area contributed by atoms with Crippen LogP contribution in [0.1, 0.15) is 0 Å². The zero-order valence-electron chi connectivity index (χ0n) is 5.44. The van der Waals surface area contributed by atoms with Gasteiger partial charge in [0.1, 0.15) is 3.39 Å². The normalized spacial score (nSPS) is 15.3. The topological polar surface area (TPSA) is 28.1 Å². The molecule has 0 spiro atoms. The van der Waals surface area contributed by atoms with Gasteiger partial charge in [0, 0.05) is 0 Å². The molecular weight excluding hydrogens is 546 g/mol. The molecule has 0 heterocycles. The Morgan fingerprint density at radius 2 is 1.31 bits per heavy atom. The van der Waals surface area contributed by atoms with Crippen molar-refractivity contribution in [3.63, 3.8) is 0 Å².